The quantitative estimate of drug-likeness (QED) is 0.874. The summed E-state index contributed by atoms with van der Waals surface area (Å²) in [7, 11) is 1.70. The zero-order valence-corrected chi connectivity index (χ0v) is 12.7. The molecule has 0 unspecified atom stereocenters. The Labute approximate surface area is 118 Å². The highest BCUT2D eigenvalue weighted by Crippen LogP contribution is 2.26. The molecule has 0 saturated carbocycles. The predicted octanol–water partition coefficient (Wildman–Crippen LogP) is 2.64. The standard InChI is InChI=1S/C14H21BrN2O/c1-3-6-17(12-8-16-9-12)10-11-4-5-14(18-2)13(15)7-11/h4-5,7,12,16H,3,6,8-10H2,1-2H3. The van der Waals surface area contributed by atoms with Crippen molar-refractivity contribution in [2.75, 3.05) is 26.7 Å². The molecule has 1 aliphatic rings. The van der Waals surface area contributed by atoms with Gasteiger partial charge in [0, 0.05) is 25.7 Å². The number of nitrogens with one attached hydrogen (secondary N) is 1. The Balaban J connectivity index is 2.03. The van der Waals surface area contributed by atoms with Crippen molar-refractivity contribution in [1.82, 2.24) is 10.2 Å². The van der Waals surface area contributed by atoms with Crippen LogP contribution in [0.5, 0.6) is 5.75 Å². The highest BCUT2D eigenvalue weighted by Gasteiger charge is 2.23. The van der Waals surface area contributed by atoms with Crippen molar-refractivity contribution in [2.45, 2.75) is 25.9 Å². The zero-order valence-electron chi connectivity index (χ0n) is 11.1. The van der Waals surface area contributed by atoms with Crippen molar-refractivity contribution in [3.8, 4) is 5.75 Å². The molecule has 0 atom stereocenters. The van der Waals surface area contributed by atoms with Crippen molar-refractivity contribution in [1.29, 1.82) is 0 Å². The molecule has 1 aliphatic heterocycles. The molecule has 0 aliphatic carbocycles. The predicted molar refractivity (Wildman–Crippen MR) is 78.1 cm³/mol. The average Bonchev–Trinajstić information content (AvgIpc) is 2.27. The van der Waals surface area contributed by atoms with Gasteiger partial charge in [0.1, 0.15) is 5.75 Å². The molecule has 0 spiro atoms. The number of ether oxygens (including phenoxy) is 1. The lowest BCUT2D eigenvalue weighted by Gasteiger charge is -2.38. The second-order valence-corrected chi connectivity index (χ2v) is 5.61. The van der Waals surface area contributed by atoms with Crippen LogP contribution in [0.15, 0.2) is 22.7 Å². The third-order valence-corrected chi connectivity index (χ3v) is 4.01. The summed E-state index contributed by atoms with van der Waals surface area (Å²) in [5.41, 5.74) is 1.34. The fourth-order valence-electron chi connectivity index (χ4n) is 2.25. The number of nitrogens with zero attached hydrogens (tertiary/aromatic N) is 1. The smallest absolute Gasteiger partial charge is 0.133 e. The van der Waals surface area contributed by atoms with Gasteiger partial charge < -0.3 is 10.1 Å². The van der Waals surface area contributed by atoms with Gasteiger partial charge in [0.05, 0.1) is 11.6 Å². The number of benzene rings is 1. The SMILES string of the molecule is CCCN(Cc1ccc(OC)c(Br)c1)C1CNC1. The summed E-state index contributed by atoms with van der Waals surface area (Å²) in [6.07, 6.45) is 1.20. The summed E-state index contributed by atoms with van der Waals surface area (Å²) in [5.74, 6) is 0.895. The zero-order chi connectivity index (χ0) is 13.0. The third-order valence-electron chi connectivity index (χ3n) is 3.39. The highest BCUT2D eigenvalue weighted by molar-refractivity contribution is 9.10. The van der Waals surface area contributed by atoms with Crippen LogP contribution in [0.1, 0.15) is 18.9 Å². The van der Waals surface area contributed by atoms with Gasteiger partial charge in [0.15, 0.2) is 0 Å². The average molecular weight is 313 g/mol. The molecule has 0 radical (unpaired) electrons. The van der Waals surface area contributed by atoms with Gasteiger partial charge in [-0.05, 0) is 46.6 Å². The van der Waals surface area contributed by atoms with Gasteiger partial charge in [-0.3, -0.25) is 4.90 Å². The van der Waals surface area contributed by atoms with E-state index in [1.54, 1.807) is 7.11 Å². The summed E-state index contributed by atoms with van der Waals surface area (Å²) in [6, 6.07) is 7.04. The highest BCUT2D eigenvalue weighted by atomic mass is 79.9. The molecule has 1 aromatic rings. The lowest BCUT2D eigenvalue weighted by Crippen LogP contribution is -2.56. The van der Waals surface area contributed by atoms with Crippen LogP contribution in [0.3, 0.4) is 0 Å². The Morgan fingerprint density at radius 3 is 2.72 bits per heavy atom. The van der Waals surface area contributed by atoms with Gasteiger partial charge in [0.25, 0.3) is 0 Å². The molecule has 0 amide bonds. The summed E-state index contributed by atoms with van der Waals surface area (Å²) in [6.45, 7) is 6.66. The van der Waals surface area contributed by atoms with Crippen molar-refractivity contribution >= 4 is 15.9 Å². The lowest BCUT2D eigenvalue weighted by atomic mass is 10.1. The first-order chi connectivity index (χ1) is 8.74. The van der Waals surface area contributed by atoms with Crippen LogP contribution >= 0.6 is 15.9 Å². The van der Waals surface area contributed by atoms with E-state index >= 15 is 0 Å². The molecule has 100 valence electrons. The van der Waals surface area contributed by atoms with Gasteiger partial charge >= 0.3 is 0 Å². The van der Waals surface area contributed by atoms with Crippen molar-refractivity contribution in [2.24, 2.45) is 0 Å². The summed E-state index contributed by atoms with van der Waals surface area (Å²) in [5, 5.41) is 3.34. The molecule has 1 fully saturated rings. The number of hydrogen-bond acceptors (Lipinski definition) is 3. The Morgan fingerprint density at radius 1 is 1.44 bits per heavy atom. The Kier molecular flexibility index (Phi) is 5.03. The largest absolute Gasteiger partial charge is 0.496 e. The Morgan fingerprint density at radius 2 is 2.22 bits per heavy atom. The maximum atomic E-state index is 5.26. The van der Waals surface area contributed by atoms with E-state index in [4.69, 9.17) is 4.74 Å². The first kappa shape index (κ1) is 13.8. The maximum absolute atomic E-state index is 5.26. The van der Waals surface area contributed by atoms with E-state index < -0.39 is 0 Å². The first-order valence-electron chi connectivity index (χ1n) is 6.51. The minimum atomic E-state index is 0.700. The van der Waals surface area contributed by atoms with Gasteiger partial charge in [-0.15, -0.1) is 0 Å². The van der Waals surface area contributed by atoms with Gasteiger partial charge in [-0.1, -0.05) is 13.0 Å². The molecule has 1 heterocycles. The van der Waals surface area contributed by atoms with E-state index in [9.17, 15) is 0 Å². The van der Waals surface area contributed by atoms with Crippen LogP contribution in [0.2, 0.25) is 0 Å². The van der Waals surface area contributed by atoms with Crippen LogP contribution in [0.25, 0.3) is 0 Å². The summed E-state index contributed by atoms with van der Waals surface area (Å²) < 4.78 is 6.29. The van der Waals surface area contributed by atoms with E-state index in [0.717, 1.165) is 36.4 Å². The molecule has 1 saturated heterocycles. The van der Waals surface area contributed by atoms with Gasteiger partial charge in [-0.2, -0.15) is 0 Å². The van der Waals surface area contributed by atoms with E-state index in [1.807, 2.05) is 6.07 Å². The third kappa shape index (κ3) is 3.25. The minimum Gasteiger partial charge on any atom is -0.496 e. The molecular weight excluding hydrogens is 292 g/mol. The number of rotatable bonds is 6. The topological polar surface area (TPSA) is 24.5 Å². The molecule has 0 bridgehead atoms. The number of methoxy groups -OCH3 is 1. The lowest BCUT2D eigenvalue weighted by molar-refractivity contribution is 0.138. The molecule has 1 N–H and O–H groups in total. The monoisotopic (exact) mass is 312 g/mol. The molecule has 1 aromatic carbocycles. The first-order valence-corrected chi connectivity index (χ1v) is 7.31. The van der Waals surface area contributed by atoms with Crippen molar-refractivity contribution < 1.29 is 4.74 Å². The van der Waals surface area contributed by atoms with Crippen LogP contribution in [0.4, 0.5) is 0 Å². The summed E-state index contributed by atoms with van der Waals surface area (Å²) >= 11 is 3.55. The molecule has 18 heavy (non-hydrogen) atoms. The van der Waals surface area contributed by atoms with Crippen LogP contribution in [-0.2, 0) is 6.54 Å². The second-order valence-electron chi connectivity index (χ2n) is 4.75. The van der Waals surface area contributed by atoms with Crippen LogP contribution in [-0.4, -0.2) is 37.7 Å². The number of hydrogen-bond donors (Lipinski definition) is 1. The second kappa shape index (κ2) is 6.55. The van der Waals surface area contributed by atoms with E-state index in [1.165, 1.54) is 12.0 Å². The molecule has 3 nitrogen and oxygen atoms in total. The van der Waals surface area contributed by atoms with Gasteiger partial charge in [-0.25, -0.2) is 0 Å². The van der Waals surface area contributed by atoms with Crippen LogP contribution in [0, 0.1) is 0 Å². The van der Waals surface area contributed by atoms with Crippen molar-refractivity contribution in [3.63, 3.8) is 0 Å². The maximum Gasteiger partial charge on any atom is 0.133 e. The fraction of sp³-hybridized carbons (Fsp3) is 0.571. The number of halogens is 1. The van der Waals surface area contributed by atoms with Crippen LogP contribution < -0.4 is 10.1 Å². The van der Waals surface area contributed by atoms with Crippen molar-refractivity contribution in [3.05, 3.63) is 28.2 Å². The molecular formula is C14H21BrN2O. The van der Waals surface area contributed by atoms with E-state index in [2.05, 4.69) is 45.2 Å². The Hall–Kier alpha value is -0.580. The van der Waals surface area contributed by atoms with E-state index in [0.29, 0.717) is 6.04 Å². The van der Waals surface area contributed by atoms with E-state index in [-0.39, 0.29) is 0 Å². The summed E-state index contributed by atoms with van der Waals surface area (Å²) in [4.78, 5) is 2.56. The molecule has 2 rings (SSSR count). The normalized spacial score (nSPS) is 15.8. The molecule has 4 heteroatoms. The fourth-order valence-corrected chi connectivity index (χ4v) is 2.84. The molecule has 0 aromatic heterocycles. The Bertz CT molecular complexity index is 393. The van der Waals surface area contributed by atoms with Gasteiger partial charge in [0.2, 0.25) is 0 Å². The minimum absolute atomic E-state index is 0.700.